The Hall–Kier alpha value is -3.12. The predicted molar refractivity (Wildman–Crippen MR) is 106 cm³/mol. The monoisotopic (exact) mass is 383 g/mol. The van der Waals surface area contributed by atoms with Crippen LogP contribution in [-0.2, 0) is 0 Å². The third kappa shape index (κ3) is 3.71. The van der Waals surface area contributed by atoms with E-state index in [0.717, 1.165) is 16.8 Å². The Balaban J connectivity index is 1.99. The van der Waals surface area contributed by atoms with Crippen molar-refractivity contribution in [2.24, 2.45) is 4.99 Å². The average molecular weight is 384 g/mol. The molecule has 1 aromatic heterocycles. The van der Waals surface area contributed by atoms with Crippen LogP contribution in [-0.4, -0.2) is 27.1 Å². The van der Waals surface area contributed by atoms with Crippen LogP contribution in [0.5, 0.6) is 0 Å². The van der Waals surface area contributed by atoms with Crippen molar-refractivity contribution in [1.29, 1.82) is 0 Å². The molecule has 0 saturated carbocycles. The maximum atomic E-state index is 12.8. The molecule has 0 unspecified atom stereocenters. The van der Waals surface area contributed by atoms with Crippen LogP contribution >= 0.6 is 11.6 Å². The number of aromatic carboxylic acids is 1. The van der Waals surface area contributed by atoms with Gasteiger partial charge in [0.15, 0.2) is 0 Å². The van der Waals surface area contributed by atoms with Gasteiger partial charge < -0.3 is 5.11 Å². The molecule has 0 fully saturated rings. The van der Waals surface area contributed by atoms with Crippen LogP contribution < -0.4 is 5.56 Å². The molecule has 7 heteroatoms. The molecule has 1 heterocycles. The number of H-pyrrole nitrogens is 1. The third-order valence-electron chi connectivity index (χ3n) is 4.39. The maximum absolute atomic E-state index is 12.8. The Morgan fingerprint density at radius 2 is 1.89 bits per heavy atom. The number of rotatable bonds is 4. The van der Waals surface area contributed by atoms with Crippen molar-refractivity contribution in [3.8, 4) is 5.69 Å². The largest absolute Gasteiger partial charge is 0.478 e. The van der Waals surface area contributed by atoms with Crippen molar-refractivity contribution < 1.29 is 9.90 Å². The summed E-state index contributed by atoms with van der Waals surface area (Å²) < 4.78 is 1.47. The summed E-state index contributed by atoms with van der Waals surface area (Å²) in [6.07, 6.45) is 1.43. The minimum atomic E-state index is -1.13. The van der Waals surface area contributed by atoms with Crippen molar-refractivity contribution in [1.82, 2.24) is 9.78 Å². The summed E-state index contributed by atoms with van der Waals surface area (Å²) in [7, 11) is 0. The minimum absolute atomic E-state index is 0.0374. The van der Waals surface area contributed by atoms with E-state index in [1.54, 1.807) is 13.0 Å². The number of aromatic nitrogens is 2. The summed E-state index contributed by atoms with van der Waals surface area (Å²) in [4.78, 5) is 28.2. The lowest BCUT2D eigenvalue weighted by atomic mass is 10.1. The van der Waals surface area contributed by atoms with Crippen molar-refractivity contribution in [3.63, 3.8) is 0 Å². The van der Waals surface area contributed by atoms with Crippen LogP contribution in [0.4, 0.5) is 5.69 Å². The quantitative estimate of drug-likeness (QED) is 0.662. The van der Waals surface area contributed by atoms with Crippen molar-refractivity contribution >= 4 is 29.5 Å². The standard InChI is InChI=1S/C20H18ClN3O3/c1-11-4-6-15(8-12(11)2)24-19(25)17(13(3)23-24)10-22-14-5-7-18(21)16(9-14)20(26)27/h4-10,23H,1-3H3,(H,26,27). The highest BCUT2D eigenvalue weighted by Gasteiger charge is 2.12. The van der Waals surface area contributed by atoms with Gasteiger partial charge in [-0.15, -0.1) is 0 Å². The molecule has 3 aromatic rings. The molecule has 2 N–H and O–H groups in total. The van der Waals surface area contributed by atoms with E-state index >= 15 is 0 Å². The number of nitrogens with one attached hydrogen (secondary N) is 1. The molecule has 0 bridgehead atoms. The molecule has 0 aliphatic carbocycles. The summed E-state index contributed by atoms with van der Waals surface area (Å²) >= 11 is 5.86. The zero-order valence-electron chi connectivity index (χ0n) is 15.1. The van der Waals surface area contributed by atoms with Crippen LogP contribution in [0.3, 0.4) is 0 Å². The van der Waals surface area contributed by atoms with Crippen molar-refractivity contribution in [2.45, 2.75) is 20.8 Å². The van der Waals surface area contributed by atoms with Gasteiger partial charge in [0, 0.05) is 11.9 Å². The Morgan fingerprint density at radius 1 is 1.15 bits per heavy atom. The lowest BCUT2D eigenvalue weighted by molar-refractivity contribution is 0.0697. The number of hydrogen-bond donors (Lipinski definition) is 2. The highest BCUT2D eigenvalue weighted by Crippen LogP contribution is 2.22. The molecule has 0 aliphatic rings. The molecule has 6 nitrogen and oxygen atoms in total. The Morgan fingerprint density at radius 3 is 2.56 bits per heavy atom. The van der Waals surface area contributed by atoms with E-state index in [2.05, 4.69) is 10.1 Å². The first kappa shape index (κ1) is 18.7. The number of carbonyl (C=O) groups is 1. The zero-order valence-corrected chi connectivity index (χ0v) is 15.8. The van der Waals surface area contributed by atoms with Gasteiger partial charge in [0.05, 0.1) is 27.5 Å². The number of aliphatic imine (C=N–C) groups is 1. The van der Waals surface area contributed by atoms with Crippen molar-refractivity contribution in [2.75, 3.05) is 0 Å². The fourth-order valence-electron chi connectivity index (χ4n) is 2.65. The van der Waals surface area contributed by atoms with Gasteiger partial charge in [-0.3, -0.25) is 14.9 Å². The predicted octanol–water partition coefficient (Wildman–Crippen LogP) is 4.19. The lowest BCUT2D eigenvalue weighted by Gasteiger charge is -2.05. The van der Waals surface area contributed by atoms with Crippen LogP contribution in [0.15, 0.2) is 46.2 Å². The van der Waals surface area contributed by atoms with E-state index in [1.165, 1.54) is 23.0 Å². The number of aryl methyl sites for hydroxylation is 3. The lowest BCUT2D eigenvalue weighted by Crippen LogP contribution is -2.17. The van der Waals surface area contributed by atoms with Crippen LogP contribution in [0.25, 0.3) is 5.69 Å². The molecule has 138 valence electrons. The molecule has 0 spiro atoms. The van der Waals surface area contributed by atoms with Crippen LogP contribution in [0.1, 0.15) is 32.7 Å². The second-order valence-electron chi connectivity index (χ2n) is 6.29. The van der Waals surface area contributed by atoms with Crippen molar-refractivity contribution in [3.05, 3.63) is 79.7 Å². The number of hydrogen-bond acceptors (Lipinski definition) is 3. The van der Waals surface area contributed by atoms with E-state index in [9.17, 15) is 9.59 Å². The van der Waals surface area contributed by atoms with E-state index in [-0.39, 0.29) is 16.1 Å². The number of aromatic amines is 1. The number of halogens is 1. The molecule has 0 aliphatic heterocycles. The highest BCUT2D eigenvalue weighted by atomic mass is 35.5. The smallest absolute Gasteiger partial charge is 0.337 e. The minimum Gasteiger partial charge on any atom is -0.478 e. The molecular formula is C20H18ClN3O3. The van der Waals surface area contributed by atoms with Crippen LogP contribution in [0.2, 0.25) is 5.02 Å². The number of nitrogens with zero attached hydrogens (tertiary/aromatic N) is 2. The fourth-order valence-corrected chi connectivity index (χ4v) is 2.85. The fraction of sp³-hybridized carbons (Fsp3) is 0.150. The maximum Gasteiger partial charge on any atom is 0.337 e. The average Bonchev–Trinajstić information content (AvgIpc) is 2.90. The summed E-state index contributed by atoms with van der Waals surface area (Å²) in [5, 5.41) is 12.3. The first-order valence-corrected chi connectivity index (χ1v) is 8.62. The molecule has 3 rings (SSSR count). The molecule has 0 saturated heterocycles. The summed E-state index contributed by atoms with van der Waals surface area (Å²) in [5.74, 6) is -1.13. The molecule has 0 atom stereocenters. The van der Waals surface area contributed by atoms with E-state index < -0.39 is 5.97 Å². The number of carboxylic acid groups (broad SMARTS) is 1. The van der Waals surface area contributed by atoms with E-state index in [1.807, 2.05) is 32.0 Å². The normalized spacial score (nSPS) is 11.3. The summed E-state index contributed by atoms with van der Waals surface area (Å²) in [5.41, 5.74) is 4.17. The van der Waals surface area contributed by atoms with Gasteiger partial charge in [-0.25, -0.2) is 9.48 Å². The second-order valence-corrected chi connectivity index (χ2v) is 6.69. The zero-order chi connectivity index (χ0) is 19.7. The van der Waals surface area contributed by atoms with Gasteiger partial charge in [0.2, 0.25) is 0 Å². The SMILES string of the molecule is Cc1ccc(-n2[nH]c(C)c(C=Nc3ccc(Cl)c(C(=O)O)c3)c2=O)cc1C. The van der Waals surface area contributed by atoms with Gasteiger partial charge >= 0.3 is 5.97 Å². The molecule has 0 radical (unpaired) electrons. The highest BCUT2D eigenvalue weighted by molar-refractivity contribution is 6.33. The molecule has 27 heavy (non-hydrogen) atoms. The van der Waals surface area contributed by atoms with Gasteiger partial charge in [-0.05, 0) is 62.2 Å². The topological polar surface area (TPSA) is 87.4 Å². The van der Waals surface area contributed by atoms with Gasteiger partial charge in [-0.1, -0.05) is 17.7 Å². The Labute approximate surface area is 160 Å². The van der Waals surface area contributed by atoms with Gasteiger partial charge in [0.25, 0.3) is 5.56 Å². The number of benzene rings is 2. The van der Waals surface area contributed by atoms with Crippen LogP contribution in [0, 0.1) is 20.8 Å². The summed E-state index contributed by atoms with van der Waals surface area (Å²) in [6.45, 7) is 5.78. The first-order chi connectivity index (χ1) is 12.8. The molecule has 2 aromatic carbocycles. The number of carboxylic acids is 1. The second kappa shape index (κ2) is 7.25. The Bertz CT molecular complexity index is 1130. The Kier molecular flexibility index (Phi) is 5.01. The third-order valence-corrected chi connectivity index (χ3v) is 4.72. The van der Waals surface area contributed by atoms with Gasteiger partial charge in [-0.2, -0.15) is 0 Å². The molecule has 0 amide bonds. The molecular weight excluding hydrogens is 366 g/mol. The van der Waals surface area contributed by atoms with E-state index in [4.69, 9.17) is 16.7 Å². The van der Waals surface area contributed by atoms with E-state index in [0.29, 0.717) is 16.9 Å². The summed E-state index contributed by atoms with van der Waals surface area (Å²) in [6, 6.07) is 10.2. The van der Waals surface area contributed by atoms with Gasteiger partial charge in [0.1, 0.15) is 0 Å². The first-order valence-electron chi connectivity index (χ1n) is 8.24.